The van der Waals surface area contributed by atoms with Gasteiger partial charge in [0.05, 0.1) is 0 Å². The van der Waals surface area contributed by atoms with Gasteiger partial charge in [-0.05, 0) is 74.1 Å². The van der Waals surface area contributed by atoms with E-state index in [-0.39, 0.29) is 23.9 Å². The van der Waals surface area contributed by atoms with E-state index in [1.165, 1.54) is 10.4 Å². The van der Waals surface area contributed by atoms with Gasteiger partial charge in [-0.3, -0.25) is 15.1 Å². The normalized spacial score (nSPS) is 15.1. The molecule has 1 aromatic heterocycles. The van der Waals surface area contributed by atoms with E-state index in [1.54, 1.807) is 28.5 Å². The van der Waals surface area contributed by atoms with Crippen molar-refractivity contribution >= 4 is 28.8 Å². The first-order chi connectivity index (χ1) is 20.1. The van der Waals surface area contributed by atoms with Crippen LogP contribution in [-0.4, -0.2) is 60.8 Å². The molecule has 2 aromatic carbocycles. The van der Waals surface area contributed by atoms with Crippen LogP contribution < -0.4 is 15.4 Å². The fraction of sp³-hybridized carbons (Fsp3) is 0.394. The molecule has 0 aliphatic carbocycles. The number of rotatable bonds is 14. The molecule has 7 nitrogen and oxygen atoms in total. The highest BCUT2D eigenvalue weighted by Crippen LogP contribution is 2.30. The molecule has 41 heavy (non-hydrogen) atoms. The van der Waals surface area contributed by atoms with Gasteiger partial charge in [-0.1, -0.05) is 49.4 Å². The van der Waals surface area contributed by atoms with Crippen molar-refractivity contribution in [2.45, 2.75) is 51.2 Å². The molecule has 2 heterocycles. The minimum absolute atomic E-state index is 0.00227. The van der Waals surface area contributed by atoms with Crippen molar-refractivity contribution in [2.75, 3.05) is 38.5 Å². The Bertz CT molecular complexity index is 1240. The lowest BCUT2D eigenvalue weighted by molar-refractivity contribution is -0.129. The summed E-state index contributed by atoms with van der Waals surface area (Å²) in [5, 5.41) is 17.2. The number of nitrogens with zero attached hydrogens (tertiary/aromatic N) is 2. The lowest BCUT2D eigenvalue weighted by Gasteiger charge is -2.38. The monoisotopic (exact) mass is 573 g/mol. The zero-order chi connectivity index (χ0) is 28.9. The number of thiophene rings is 1. The molecule has 1 saturated heterocycles. The molecule has 1 unspecified atom stereocenters. The predicted octanol–water partition coefficient (Wildman–Crippen LogP) is 6.33. The minimum atomic E-state index is 0.00227. The molecule has 218 valence electrons. The molecule has 0 bridgehead atoms. The van der Waals surface area contributed by atoms with Crippen LogP contribution in [0.25, 0.3) is 0 Å². The van der Waals surface area contributed by atoms with Crippen molar-refractivity contribution in [1.29, 1.82) is 5.41 Å². The Morgan fingerprint density at radius 2 is 1.88 bits per heavy atom. The van der Waals surface area contributed by atoms with E-state index < -0.39 is 0 Å². The molecule has 1 amide bonds. The van der Waals surface area contributed by atoms with Crippen molar-refractivity contribution in [3.8, 4) is 5.75 Å². The van der Waals surface area contributed by atoms with Crippen LogP contribution in [0, 0.1) is 5.41 Å². The summed E-state index contributed by atoms with van der Waals surface area (Å²) < 4.78 is 6.58. The third-order valence-electron chi connectivity index (χ3n) is 7.47. The summed E-state index contributed by atoms with van der Waals surface area (Å²) in [4.78, 5) is 18.3. The molecular weight excluding hydrogens is 530 g/mol. The maximum Gasteiger partial charge on any atom is 0.228 e. The minimum Gasteiger partial charge on any atom is -0.485 e. The number of benzene rings is 2. The number of carbonyl (C=O) groups is 1. The van der Waals surface area contributed by atoms with E-state index >= 15 is 0 Å². The van der Waals surface area contributed by atoms with Crippen molar-refractivity contribution in [3.05, 3.63) is 94.8 Å². The average Bonchev–Trinajstić information content (AvgIpc) is 3.55. The van der Waals surface area contributed by atoms with E-state index in [4.69, 9.17) is 10.1 Å². The Morgan fingerprint density at radius 3 is 2.59 bits per heavy atom. The molecule has 0 spiro atoms. The van der Waals surface area contributed by atoms with Crippen molar-refractivity contribution in [1.82, 2.24) is 15.1 Å². The standard InChI is InChI=1S/C33H43N5O2S/c1-3-33(39)38(32(34)16-21-36-27-11-5-4-6-12-27)28-18-23-37(24-19-28)22-17-26-10-7-8-13-29(26)40-30(15-20-35-2)31-14-9-25-41-31/h4-14,16,21,25,28,30,34-36H,3,15,17-20,22-24H2,1-2H3/b21-16-,34-32?. The third-order valence-corrected chi connectivity index (χ3v) is 8.44. The molecule has 3 aromatic rings. The van der Waals surface area contributed by atoms with Gasteiger partial charge in [-0.25, -0.2) is 0 Å². The second-order valence-corrected chi connectivity index (χ2v) is 11.3. The summed E-state index contributed by atoms with van der Waals surface area (Å²) >= 11 is 1.74. The smallest absolute Gasteiger partial charge is 0.228 e. The van der Waals surface area contributed by atoms with Gasteiger partial charge < -0.3 is 20.3 Å². The maximum absolute atomic E-state index is 12.9. The molecular formula is C33H43N5O2S. The van der Waals surface area contributed by atoms with Crippen LogP contribution in [0.4, 0.5) is 5.69 Å². The molecule has 4 rings (SSSR count). The number of likely N-dealkylation sites (tertiary alicyclic amines) is 1. The Balaban J connectivity index is 1.31. The molecule has 1 aliphatic heterocycles. The Morgan fingerprint density at radius 1 is 1.12 bits per heavy atom. The quantitative estimate of drug-likeness (QED) is 0.155. The van der Waals surface area contributed by atoms with Gasteiger partial charge in [-0.15, -0.1) is 11.3 Å². The average molecular weight is 574 g/mol. The number of para-hydroxylation sites is 2. The topological polar surface area (TPSA) is 80.7 Å². The van der Waals surface area contributed by atoms with Gasteiger partial charge in [-0.2, -0.15) is 0 Å². The number of nitrogens with one attached hydrogen (secondary N) is 3. The van der Waals surface area contributed by atoms with Crippen molar-refractivity contribution < 1.29 is 9.53 Å². The lowest BCUT2D eigenvalue weighted by atomic mass is 10.0. The molecule has 1 fully saturated rings. The Kier molecular flexibility index (Phi) is 12.0. The van der Waals surface area contributed by atoms with E-state index in [9.17, 15) is 4.79 Å². The number of hydrogen-bond donors (Lipinski definition) is 3. The number of piperidine rings is 1. The third kappa shape index (κ3) is 9.01. The number of amides is 1. The van der Waals surface area contributed by atoms with Crippen molar-refractivity contribution in [2.24, 2.45) is 0 Å². The summed E-state index contributed by atoms with van der Waals surface area (Å²) in [6.07, 6.45) is 7.39. The number of carbonyl (C=O) groups excluding carboxylic acids is 1. The number of amidine groups is 1. The zero-order valence-electron chi connectivity index (χ0n) is 24.2. The zero-order valence-corrected chi connectivity index (χ0v) is 25.0. The number of hydrogen-bond acceptors (Lipinski definition) is 7. The van der Waals surface area contributed by atoms with Gasteiger partial charge in [0.25, 0.3) is 0 Å². The fourth-order valence-corrected chi connectivity index (χ4v) is 5.99. The van der Waals surface area contributed by atoms with Crippen LogP contribution in [0.1, 0.15) is 49.2 Å². The van der Waals surface area contributed by atoms with Crippen molar-refractivity contribution in [3.63, 3.8) is 0 Å². The van der Waals surface area contributed by atoms with Crippen LogP contribution in [-0.2, 0) is 11.2 Å². The van der Waals surface area contributed by atoms with Crippen LogP contribution in [0.3, 0.4) is 0 Å². The van der Waals surface area contributed by atoms with Gasteiger partial charge in [0.2, 0.25) is 5.91 Å². The second kappa shape index (κ2) is 16.1. The maximum atomic E-state index is 12.9. The molecule has 1 atom stereocenters. The highest BCUT2D eigenvalue weighted by atomic mass is 32.1. The van der Waals surface area contributed by atoms with Crippen LogP contribution in [0.15, 0.2) is 84.4 Å². The Hall–Kier alpha value is -3.46. The van der Waals surface area contributed by atoms with E-state index in [0.717, 1.165) is 63.3 Å². The summed E-state index contributed by atoms with van der Waals surface area (Å²) in [6, 6.07) is 22.5. The summed E-state index contributed by atoms with van der Waals surface area (Å²) in [6.45, 7) is 5.51. The summed E-state index contributed by atoms with van der Waals surface area (Å²) in [7, 11) is 1.98. The van der Waals surface area contributed by atoms with E-state index in [1.807, 2.05) is 50.4 Å². The first-order valence-corrected chi connectivity index (χ1v) is 15.5. The van der Waals surface area contributed by atoms with Gasteiger partial charge in [0.1, 0.15) is 17.7 Å². The van der Waals surface area contributed by atoms with Crippen LogP contribution in [0.2, 0.25) is 0 Å². The molecule has 1 aliphatic rings. The van der Waals surface area contributed by atoms with E-state index in [2.05, 4.69) is 51.2 Å². The van der Waals surface area contributed by atoms with Crippen LogP contribution in [0.5, 0.6) is 5.75 Å². The fourth-order valence-electron chi connectivity index (χ4n) is 5.20. The number of anilines is 1. The van der Waals surface area contributed by atoms with Gasteiger partial charge in [0, 0.05) is 55.3 Å². The Labute approximate surface area is 248 Å². The van der Waals surface area contributed by atoms with E-state index in [0.29, 0.717) is 6.42 Å². The summed E-state index contributed by atoms with van der Waals surface area (Å²) in [5.74, 6) is 1.20. The van der Waals surface area contributed by atoms with Crippen LogP contribution >= 0.6 is 11.3 Å². The first-order valence-electron chi connectivity index (χ1n) is 14.6. The lowest BCUT2D eigenvalue weighted by Crippen LogP contribution is -2.49. The highest BCUT2D eigenvalue weighted by molar-refractivity contribution is 7.10. The molecule has 0 saturated carbocycles. The second-order valence-electron chi connectivity index (χ2n) is 10.3. The molecule has 0 radical (unpaired) electrons. The highest BCUT2D eigenvalue weighted by Gasteiger charge is 2.29. The van der Waals surface area contributed by atoms with Gasteiger partial charge in [0.15, 0.2) is 0 Å². The largest absolute Gasteiger partial charge is 0.485 e. The molecule has 3 N–H and O–H groups in total. The number of ether oxygens (including phenoxy) is 1. The SMILES string of the molecule is CCC(=O)N(C(=N)/C=C\Nc1ccccc1)C1CCN(CCc2ccccc2OC(CCNC)c2cccs2)CC1. The molecule has 8 heteroatoms. The van der Waals surface area contributed by atoms with Gasteiger partial charge >= 0.3 is 0 Å². The summed E-state index contributed by atoms with van der Waals surface area (Å²) in [5.41, 5.74) is 2.17. The first kappa shape index (κ1) is 30.5. The predicted molar refractivity (Wildman–Crippen MR) is 170 cm³/mol.